The van der Waals surface area contributed by atoms with Crippen molar-refractivity contribution in [1.29, 1.82) is 0 Å². The highest BCUT2D eigenvalue weighted by Crippen LogP contribution is 2.24. The molecule has 0 spiro atoms. The fourth-order valence-corrected chi connectivity index (χ4v) is 1.75. The number of carbonyl (C=O) groups is 1. The monoisotopic (exact) mass is 171 g/mol. The minimum Gasteiger partial charge on any atom is -0.341 e. The van der Waals surface area contributed by atoms with Gasteiger partial charge >= 0.3 is 6.03 Å². The van der Waals surface area contributed by atoms with Crippen LogP contribution in [0, 0.1) is 5.92 Å². The Kier molecular flexibility index (Phi) is 3.34. The van der Waals surface area contributed by atoms with E-state index in [1.807, 2.05) is 0 Å². The summed E-state index contributed by atoms with van der Waals surface area (Å²) in [5, 5.41) is 5.45. The molecule has 0 saturated heterocycles. The standard InChI is InChI=1S/C8H17N3O/c1-10-8(12)11-7-4-2-3-6(7)5-9/h6-7H,2-5,9H2,1H3,(H2,10,11,12). The first-order valence-corrected chi connectivity index (χ1v) is 4.46. The van der Waals surface area contributed by atoms with Gasteiger partial charge in [0.25, 0.3) is 0 Å². The maximum atomic E-state index is 11.0. The van der Waals surface area contributed by atoms with Crippen molar-refractivity contribution in [2.75, 3.05) is 13.6 Å². The van der Waals surface area contributed by atoms with Crippen molar-refractivity contribution in [2.24, 2.45) is 11.7 Å². The predicted molar refractivity (Wildman–Crippen MR) is 47.8 cm³/mol. The second kappa shape index (κ2) is 4.30. The van der Waals surface area contributed by atoms with Crippen molar-refractivity contribution >= 4 is 6.03 Å². The molecule has 0 bridgehead atoms. The zero-order valence-corrected chi connectivity index (χ0v) is 7.47. The van der Waals surface area contributed by atoms with E-state index in [4.69, 9.17) is 5.73 Å². The average molecular weight is 171 g/mol. The number of rotatable bonds is 2. The highest BCUT2D eigenvalue weighted by molar-refractivity contribution is 5.73. The first-order valence-electron chi connectivity index (χ1n) is 4.46. The van der Waals surface area contributed by atoms with Crippen molar-refractivity contribution < 1.29 is 4.79 Å². The number of hydrogen-bond acceptors (Lipinski definition) is 2. The number of amides is 2. The SMILES string of the molecule is CNC(=O)NC1CCCC1CN. The van der Waals surface area contributed by atoms with Crippen LogP contribution in [-0.4, -0.2) is 25.7 Å². The van der Waals surface area contributed by atoms with Gasteiger partial charge in [-0.1, -0.05) is 6.42 Å². The molecule has 0 aliphatic heterocycles. The van der Waals surface area contributed by atoms with Crippen LogP contribution in [-0.2, 0) is 0 Å². The minimum atomic E-state index is -0.0969. The molecule has 0 aromatic carbocycles. The van der Waals surface area contributed by atoms with E-state index >= 15 is 0 Å². The molecular weight excluding hydrogens is 154 g/mol. The summed E-state index contributed by atoms with van der Waals surface area (Å²) in [6.45, 7) is 0.675. The van der Waals surface area contributed by atoms with Gasteiger partial charge in [-0.3, -0.25) is 0 Å². The Labute approximate surface area is 72.9 Å². The molecule has 1 saturated carbocycles. The molecule has 2 atom stereocenters. The smallest absolute Gasteiger partial charge is 0.314 e. The van der Waals surface area contributed by atoms with Crippen molar-refractivity contribution in [1.82, 2.24) is 10.6 Å². The molecule has 1 fully saturated rings. The van der Waals surface area contributed by atoms with Crippen molar-refractivity contribution in [3.8, 4) is 0 Å². The van der Waals surface area contributed by atoms with E-state index in [9.17, 15) is 4.79 Å². The number of nitrogens with one attached hydrogen (secondary N) is 2. The molecule has 0 aromatic rings. The number of hydrogen-bond donors (Lipinski definition) is 3. The van der Waals surface area contributed by atoms with Crippen LogP contribution in [0.15, 0.2) is 0 Å². The van der Waals surface area contributed by atoms with E-state index in [1.54, 1.807) is 7.05 Å². The van der Waals surface area contributed by atoms with E-state index in [-0.39, 0.29) is 12.1 Å². The molecule has 12 heavy (non-hydrogen) atoms. The topological polar surface area (TPSA) is 67.2 Å². The molecule has 2 amide bonds. The lowest BCUT2D eigenvalue weighted by Gasteiger charge is -2.18. The molecule has 1 rings (SSSR count). The summed E-state index contributed by atoms with van der Waals surface area (Å²) in [6.07, 6.45) is 3.39. The van der Waals surface area contributed by atoms with Crippen LogP contribution < -0.4 is 16.4 Å². The Bertz CT molecular complexity index is 160. The second-order valence-electron chi connectivity index (χ2n) is 3.26. The summed E-state index contributed by atoms with van der Waals surface area (Å²) in [5.41, 5.74) is 5.57. The minimum absolute atomic E-state index is 0.0969. The summed E-state index contributed by atoms with van der Waals surface area (Å²) >= 11 is 0. The van der Waals surface area contributed by atoms with Gasteiger partial charge in [0.1, 0.15) is 0 Å². The highest BCUT2D eigenvalue weighted by atomic mass is 16.2. The fourth-order valence-electron chi connectivity index (χ4n) is 1.75. The van der Waals surface area contributed by atoms with Crippen molar-refractivity contribution in [3.05, 3.63) is 0 Å². The predicted octanol–water partition coefficient (Wildman–Crippen LogP) is 0.0428. The van der Waals surface area contributed by atoms with Gasteiger partial charge in [-0.25, -0.2) is 4.79 Å². The van der Waals surface area contributed by atoms with E-state index in [0.717, 1.165) is 12.8 Å². The van der Waals surface area contributed by atoms with Gasteiger partial charge in [0.05, 0.1) is 0 Å². The Balaban J connectivity index is 2.35. The molecular formula is C8H17N3O. The Morgan fingerprint density at radius 2 is 2.33 bits per heavy atom. The van der Waals surface area contributed by atoms with Crippen LogP contribution in [0.1, 0.15) is 19.3 Å². The normalized spacial score (nSPS) is 28.5. The third-order valence-electron chi connectivity index (χ3n) is 2.51. The van der Waals surface area contributed by atoms with Gasteiger partial charge in [0, 0.05) is 13.1 Å². The van der Waals surface area contributed by atoms with Crippen LogP contribution in [0.2, 0.25) is 0 Å². The lowest BCUT2D eigenvalue weighted by Crippen LogP contribution is -2.43. The lowest BCUT2D eigenvalue weighted by atomic mass is 10.0. The molecule has 1 aliphatic rings. The summed E-state index contributed by atoms with van der Waals surface area (Å²) in [5.74, 6) is 0.474. The zero-order chi connectivity index (χ0) is 8.97. The van der Waals surface area contributed by atoms with Gasteiger partial charge in [0.2, 0.25) is 0 Å². The lowest BCUT2D eigenvalue weighted by molar-refractivity contribution is 0.236. The molecule has 0 aromatic heterocycles. The Hall–Kier alpha value is -0.770. The summed E-state index contributed by atoms with van der Waals surface area (Å²) in [7, 11) is 1.63. The van der Waals surface area contributed by atoms with Gasteiger partial charge in [0.15, 0.2) is 0 Å². The molecule has 4 N–H and O–H groups in total. The summed E-state index contributed by atoms with van der Waals surface area (Å²) in [6, 6.07) is 0.190. The van der Waals surface area contributed by atoms with Gasteiger partial charge in [-0.15, -0.1) is 0 Å². The quantitative estimate of drug-likeness (QED) is 0.549. The van der Waals surface area contributed by atoms with E-state index in [1.165, 1.54) is 6.42 Å². The summed E-state index contributed by atoms with van der Waals surface area (Å²) < 4.78 is 0. The Morgan fingerprint density at radius 1 is 1.58 bits per heavy atom. The van der Waals surface area contributed by atoms with Crippen LogP contribution in [0.3, 0.4) is 0 Å². The molecule has 4 nitrogen and oxygen atoms in total. The van der Waals surface area contributed by atoms with E-state index in [2.05, 4.69) is 10.6 Å². The van der Waals surface area contributed by atoms with Crippen molar-refractivity contribution in [2.45, 2.75) is 25.3 Å². The third kappa shape index (κ3) is 2.11. The van der Waals surface area contributed by atoms with Crippen LogP contribution in [0.25, 0.3) is 0 Å². The zero-order valence-electron chi connectivity index (χ0n) is 7.47. The molecule has 2 unspecified atom stereocenters. The molecule has 0 heterocycles. The average Bonchev–Trinajstić information content (AvgIpc) is 2.51. The molecule has 0 radical (unpaired) electrons. The molecule has 1 aliphatic carbocycles. The molecule has 70 valence electrons. The van der Waals surface area contributed by atoms with Crippen molar-refractivity contribution in [3.63, 3.8) is 0 Å². The van der Waals surface area contributed by atoms with Gasteiger partial charge in [-0.2, -0.15) is 0 Å². The number of nitrogens with two attached hydrogens (primary N) is 1. The van der Waals surface area contributed by atoms with Gasteiger partial charge < -0.3 is 16.4 Å². The van der Waals surface area contributed by atoms with Crippen LogP contribution >= 0.6 is 0 Å². The largest absolute Gasteiger partial charge is 0.341 e. The first kappa shape index (κ1) is 9.32. The third-order valence-corrected chi connectivity index (χ3v) is 2.51. The van der Waals surface area contributed by atoms with E-state index in [0.29, 0.717) is 12.5 Å². The van der Waals surface area contributed by atoms with Gasteiger partial charge in [-0.05, 0) is 25.3 Å². The first-order chi connectivity index (χ1) is 5.77. The maximum absolute atomic E-state index is 11.0. The maximum Gasteiger partial charge on any atom is 0.314 e. The van der Waals surface area contributed by atoms with E-state index < -0.39 is 0 Å². The second-order valence-corrected chi connectivity index (χ2v) is 3.26. The van der Waals surface area contributed by atoms with Crippen LogP contribution in [0.5, 0.6) is 0 Å². The number of carbonyl (C=O) groups excluding carboxylic acids is 1. The fraction of sp³-hybridized carbons (Fsp3) is 0.875. The molecule has 4 heteroatoms. The number of urea groups is 1. The van der Waals surface area contributed by atoms with Crippen LogP contribution in [0.4, 0.5) is 4.79 Å². The summed E-state index contributed by atoms with van der Waals surface area (Å²) in [4.78, 5) is 11.0. The Morgan fingerprint density at radius 3 is 2.92 bits per heavy atom. The highest BCUT2D eigenvalue weighted by Gasteiger charge is 2.26.